The van der Waals surface area contributed by atoms with Crippen molar-refractivity contribution in [3.63, 3.8) is 0 Å². The molecule has 0 fully saturated rings. The number of halogens is 2. The summed E-state index contributed by atoms with van der Waals surface area (Å²) in [5, 5.41) is 0. The third-order valence-corrected chi connectivity index (χ3v) is 4.14. The quantitative estimate of drug-likeness (QED) is 0.534. The molecular formula is C19H15BrFNO4. The van der Waals surface area contributed by atoms with Gasteiger partial charge in [-0.05, 0) is 70.9 Å². The van der Waals surface area contributed by atoms with E-state index in [1.54, 1.807) is 25.3 Å². The number of esters is 1. The fourth-order valence-corrected chi connectivity index (χ4v) is 3.04. The van der Waals surface area contributed by atoms with Gasteiger partial charge < -0.3 is 14.2 Å². The molecular weight excluding hydrogens is 405 g/mol. The molecule has 2 aromatic carbocycles. The molecule has 0 aromatic heterocycles. The molecule has 0 N–H and O–H groups in total. The molecule has 7 heteroatoms. The summed E-state index contributed by atoms with van der Waals surface area (Å²) < 4.78 is 29.8. The van der Waals surface area contributed by atoms with E-state index in [1.165, 1.54) is 24.3 Å². The molecule has 3 rings (SSSR count). The van der Waals surface area contributed by atoms with E-state index in [1.807, 2.05) is 6.92 Å². The number of ether oxygens (including phenoxy) is 3. The van der Waals surface area contributed by atoms with Crippen LogP contribution in [0.1, 0.15) is 18.1 Å². The van der Waals surface area contributed by atoms with Crippen LogP contribution < -0.4 is 9.47 Å². The van der Waals surface area contributed by atoms with Gasteiger partial charge in [-0.2, -0.15) is 0 Å². The fraction of sp³-hybridized carbons (Fsp3) is 0.158. The highest BCUT2D eigenvalue weighted by Gasteiger charge is 2.24. The summed E-state index contributed by atoms with van der Waals surface area (Å²) in [4.78, 5) is 16.3. The van der Waals surface area contributed by atoms with Crippen molar-refractivity contribution < 1.29 is 23.4 Å². The van der Waals surface area contributed by atoms with Gasteiger partial charge in [0.2, 0.25) is 5.90 Å². The Morgan fingerprint density at radius 2 is 2.00 bits per heavy atom. The van der Waals surface area contributed by atoms with Crippen molar-refractivity contribution in [2.45, 2.75) is 6.92 Å². The summed E-state index contributed by atoms with van der Waals surface area (Å²) in [7, 11) is 1.55. The molecule has 0 unspecified atom stereocenters. The zero-order chi connectivity index (χ0) is 18.7. The van der Waals surface area contributed by atoms with Gasteiger partial charge in [0, 0.05) is 5.56 Å². The van der Waals surface area contributed by atoms with Crippen molar-refractivity contribution in [1.29, 1.82) is 0 Å². The molecule has 0 atom stereocenters. The average Bonchev–Trinajstić information content (AvgIpc) is 2.96. The van der Waals surface area contributed by atoms with Crippen LogP contribution in [0.4, 0.5) is 4.39 Å². The number of hydrogen-bond acceptors (Lipinski definition) is 5. The van der Waals surface area contributed by atoms with Gasteiger partial charge in [0.25, 0.3) is 0 Å². The Morgan fingerprint density at radius 3 is 2.65 bits per heavy atom. The number of carbonyl (C=O) groups excluding carboxylic acids is 1. The number of cyclic esters (lactones) is 1. The van der Waals surface area contributed by atoms with Crippen LogP contribution in [0.15, 0.2) is 51.6 Å². The summed E-state index contributed by atoms with van der Waals surface area (Å²) in [6.07, 6.45) is 1.59. The molecule has 1 aliphatic heterocycles. The van der Waals surface area contributed by atoms with Crippen molar-refractivity contribution in [2.24, 2.45) is 4.99 Å². The topological polar surface area (TPSA) is 57.1 Å². The summed E-state index contributed by atoms with van der Waals surface area (Å²) >= 11 is 3.43. The van der Waals surface area contributed by atoms with E-state index in [-0.39, 0.29) is 17.4 Å². The van der Waals surface area contributed by atoms with Gasteiger partial charge in [0.15, 0.2) is 17.2 Å². The summed E-state index contributed by atoms with van der Waals surface area (Å²) in [5.41, 5.74) is 1.36. The maximum atomic E-state index is 13.0. The summed E-state index contributed by atoms with van der Waals surface area (Å²) in [5.74, 6) is 0.304. The van der Waals surface area contributed by atoms with Gasteiger partial charge in [-0.1, -0.05) is 0 Å². The smallest absolute Gasteiger partial charge is 0.363 e. The standard InChI is InChI=1S/C19H15BrFNO4/c1-3-25-16-10-11(8-14(20)17(16)24-2)9-15-19(23)26-18(22-15)12-4-6-13(21)7-5-12/h4-10H,3H2,1-2H3/b15-9-. The number of hydrogen-bond donors (Lipinski definition) is 0. The highest BCUT2D eigenvalue weighted by Crippen LogP contribution is 2.37. The maximum Gasteiger partial charge on any atom is 0.363 e. The SMILES string of the molecule is CCOc1cc(/C=C2\N=C(c3ccc(F)cc3)OC2=O)cc(Br)c1OC. The molecule has 0 radical (unpaired) electrons. The first-order chi connectivity index (χ1) is 12.5. The molecule has 1 heterocycles. The van der Waals surface area contributed by atoms with Crippen LogP contribution >= 0.6 is 15.9 Å². The molecule has 0 amide bonds. The normalized spacial score (nSPS) is 15.0. The van der Waals surface area contributed by atoms with E-state index in [9.17, 15) is 9.18 Å². The minimum Gasteiger partial charge on any atom is -0.492 e. The van der Waals surface area contributed by atoms with Gasteiger partial charge in [-0.25, -0.2) is 14.2 Å². The lowest BCUT2D eigenvalue weighted by molar-refractivity contribution is -0.129. The molecule has 5 nitrogen and oxygen atoms in total. The van der Waals surface area contributed by atoms with Gasteiger partial charge in [-0.15, -0.1) is 0 Å². The van der Waals surface area contributed by atoms with Crippen molar-refractivity contribution in [3.8, 4) is 11.5 Å². The Labute approximate surface area is 158 Å². The zero-order valence-corrected chi connectivity index (χ0v) is 15.7. The molecule has 2 aromatic rings. The van der Waals surface area contributed by atoms with Crippen LogP contribution in [0.2, 0.25) is 0 Å². The van der Waals surface area contributed by atoms with Gasteiger partial charge >= 0.3 is 5.97 Å². The van der Waals surface area contributed by atoms with Crippen molar-refractivity contribution in [3.05, 3.63) is 63.5 Å². The lowest BCUT2D eigenvalue weighted by atomic mass is 10.1. The Balaban J connectivity index is 1.96. The van der Waals surface area contributed by atoms with Crippen LogP contribution in [-0.4, -0.2) is 25.6 Å². The first kappa shape index (κ1) is 18.1. The molecule has 0 bridgehead atoms. The number of rotatable bonds is 5. The van der Waals surface area contributed by atoms with Crippen LogP contribution in [0.3, 0.4) is 0 Å². The van der Waals surface area contributed by atoms with Crippen LogP contribution in [-0.2, 0) is 9.53 Å². The second-order valence-electron chi connectivity index (χ2n) is 5.31. The Bertz CT molecular complexity index is 907. The number of aliphatic imine (C=N–C) groups is 1. The first-order valence-electron chi connectivity index (χ1n) is 7.80. The van der Waals surface area contributed by atoms with Gasteiger partial charge in [-0.3, -0.25) is 0 Å². The molecule has 1 aliphatic rings. The third-order valence-electron chi connectivity index (χ3n) is 3.55. The van der Waals surface area contributed by atoms with Crippen LogP contribution in [0.5, 0.6) is 11.5 Å². The maximum absolute atomic E-state index is 13.0. The molecule has 134 valence electrons. The predicted molar refractivity (Wildman–Crippen MR) is 98.9 cm³/mol. The highest BCUT2D eigenvalue weighted by molar-refractivity contribution is 9.10. The Kier molecular flexibility index (Phi) is 5.37. The van der Waals surface area contributed by atoms with Crippen LogP contribution in [0, 0.1) is 5.82 Å². The lowest BCUT2D eigenvalue weighted by Gasteiger charge is -2.12. The van der Waals surface area contributed by atoms with E-state index in [0.717, 1.165) is 0 Å². The summed E-state index contributed by atoms with van der Waals surface area (Å²) in [6.45, 7) is 2.34. The van der Waals surface area contributed by atoms with E-state index in [0.29, 0.717) is 33.7 Å². The number of nitrogens with zero attached hydrogens (tertiary/aromatic N) is 1. The molecule has 0 saturated heterocycles. The Morgan fingerprint density at radius 1 is 1.27 bits per heavy atom. The first-order valence-corrected chi connectivity index (χ1v) is 8.60. The number of carbonyl (C=O) groups is 1. The predicted octanol–water partition coefficient (Wildman–Crippen LogP) is 4.34. The zero-order valence-electron chi connectivity index (χ0n) is 14.1. The van der Waals surface area contributed by atoms with Crippen molar-refractivity contribution in [1.82, 2.24) is 0 Å². The van der Waals surface area contributed by atoms with Gasteiger partial charge in [0.05, 0.1) is 18.2 Å². The van der Waals surface area contributed by atoms with Crippen LogP contribution in [0.25, 0.3) is 6.08 Å². The second kappa shape index (κ2) is 7.70. The minimum absolute atomic E-state index is 0.138. The van der Waals surface area contributed by atoms with E-state index < -0.39 is 5.97 Å². The molecule has 26 heavy (non-hydrogen) atoms. The number of benzene rings is 2. The molecule has 0 aliphatic carbocycles. The molecule has 0 spiro atoms. The highest BCUT2D eigenvalue weighted by atomic mass is 79.9. The lowest BCUT2D eigenvalue weighted by Crippen LogP contribution is -2.05. The largest absolute Gasteiger partial charge is 0.492 e. The average molecular weight is 420 g/mol. The second-order valence-corrected chi connectivity index (χ2v) is 6.16. The monoisotopic (exact) mass is 419 g/mol. The summed E-state index contributed by atoms with van der Waals surface area (Å²) in [6, 6.07) is 9.10. The molecule has 0 saturated carbocycles. The third kappa shape index (κ3) is 3.77. The van der Waals surface area contributed by atoms with Gasteiger partial charge in [0.1, 0.15) is 5.82 Å². The number of methoxy groups -OCH3 is 1. The van der Waals surface area contributed by atoms with Crippen molar-refractivity contribution in [2.75, 3.05) is 13.7 Å². The Hall–Kier alpha value is -2.67. The van der Waals surface area contributed by atoms with E-state index in [4.69, 9.17) is 14.2 Å². The van der Waals surface area contributed by atoms with Crippen molar-refractivity contribution >= 4 is 33.9 Å². The minimum atomic E-state index is -0.575. The fourth-order valence-electron chi connectivity index (χ4n) is 2.42. The van der Waals surface area contributed by atoms with E-state index in [2.05, 4.69) is 20.9 Å². The van der Waals surface area contributed by atoms with E-state index >= 15 is 0 Å².